The lowest BCUT2D eigenvalue weighted by Gasteiger charge is -2.37. The quantitative estimate of drug-likeness (QED) is 0.763. The van der Waals surface area contributed by atoms with Gasteiger partial charge in [-0.3, -0.25) is 4.90 Å². The van der Waals surface area contributed by atoms with Crippen molar-refractivity contribution in [3.05, 3.63) is 0 Å². The Balaban J connectivity index is 2.44. The maximum absolute atomic E-state index is 3.69. The summed E-state index contributed by atoms with van der Waals surface area (Å²) >= 11 is 0. The van der Waals surface area contributed by atoms with Crippen LogP contribution in [-0.4, -0.2) is 62.2 Å². The molecule has 17 heavy (non-hydrogen) atoms. The minimum atomic E-state index is 0.644. The van der Waals surface area contributed by atoms with Crippen molar-refractivity contribution >= 4 is 0 Å². The van der Waals surface area contributed by atoms with Crippen LogP contribution in [0.5, 0.6) is 0 Å². The Morgan fingerprint density at radius 2 is 2.06 bits per heavy atom. The van der Waals surface area contributed by atoms with Gasteiger partial charge in [-0.25, -0.2) is 0 Å². The minimum Gasteiger partial charge on any atom is -0.312 e. The molecular formula is C14H31N3. The smallest absolute Gasteiger partial charge is 0.0220 e. The first-order chi connectivity index (χ1) is 8.04. The highest BCUT2D eigenvalue weighted by Gasteiger charge is 2.24. The van der Waals surface area contributed by atoms with E-state index in [1.165, 1.54) is 25.9 Å². The summed E-state index contributed by atoms with van der Waals surface area (Å²) in [6.07, 6.45) is 2.73. The van der Waals surface area contributed by atoms with Crippen LogP contribution in [0.2, 0.25) is 0 Å². The zero-order valence-corrected chi connectivity index (χ0v) is 12.4. The lowest BCUT2D eigenvalue weighted by Crippen LogP contribution is -2.51. The third kappa shape index (κ3) is 4.94. The standard InChI is InChI=1S/C14H31N3/c1-6-17(13(3)10-16(4)5)11-14-12(2)8-7-9-15-14/h12-15H,6-11H2,1-5H3. The summed E-state index contributed by atoms with van der Waals surface area (Å²) in [6.45, 7) is 11.7. The van der Waals surface area contributed by atoms with Crippen LogP contribution >= 0.6 is 0 Å². The van der Waals surface area contributed by atoms with Gasteiger partial charge in [0.2, 0.25) is 0 Å². The third-order valence-corrected chi connectivity index (χ3v) is 4.02. The molecule has 1 aliphatic rings. The van der Waals surface area contributed by atoms with E-state index in [1.54, 1.807) is 0 Å². The van der Waals surface area contributed by atoms with Crippen LogP contribution < -0.4 is 5.32 Å². The van der Waals surface area contributed by atoms with Crippen molar-refractivity contribution in [2.75, 3.05) is 40.3 Å². The maximum atomic E-state index is 3.69. The average Bonchev–Trinajstić information content (AvgIpc) is 2.27. The van der Waals surface area contributed by atoms with Gasteiger partial charge in [0.25, 0.3) is 0 Å². The fourth-order valence-electron chi connectivity index (χ4n) is 2.88. The molecule has 1 heterocycles. The molecule has 3 unspecified atom stereocenters. The molecule has 0 radical (unpaired) electrons. The number of rotatable bonds is 6. The number of nitrogens with one attached hydrogen (secondary N) is 1. The Morgan fingerprint density at radius 3 is 2.59 bits per heavy atom. The highest BCUT2D eigenvalue weighted by atomic mass is 15.2. The van der Waals surface area contributed by atoms with Gasteiger partial charge < -0.3 is 10.2 Å². The molecule has 1 fully saturated rings. The average molecular weight is 241 g/mol. The van der Waals surface area contributed by atoms with Gasteiger partial charge in [-0.05, 0) is 52.9 Å². The van der Waals surface area contributed by atoms with Gasteiger partial charge in [0, 0.05) is 25.2 Å². The maximum Gasteiger partial charge on any atom is 0.0220 e. The fourth-order valence-corrected chi connectivity index (χ4v) is 2.88. The molecule has 0 aliphatic carbocycles. The highest BCUT2D eigenvalue weighted by molar-refractivity contribution is 4.83. The second kappa shape index (κ2) is 7.34. The van der Waals surface area contributed by atoms with Crippen LogP contribution in [0.1, 0.15) is 33.6 Å². The number of likely N-dealkylation sites (N-methyl/N-ethyl adjacent to an activating group) is 2. The Bertz CT molecular complexity index is 206. The lowest BCUT2D eigenvalue weighted by atomic mass is 9.92. The monoisotopic (exact) mass is 241 g/mol. The topological polar surface area (TPSA) is 18.5 Å². The summed E-state index contributed by atoms with van der Waals surface area (Å²) < 4.78 is 0. The number of piperidine rings is 1. The van der Waals surface area contributed by atoms with Crippen LogP contribution in [0, 0.1) is 5.92 Å². The largest absolute Gasteiger partial charge is 0.312 e. The van der Waals surface area contributed by atoms with E-state index >= 15 is 0 Å². The zero-order chi connectivity index (χ0) is 12.8. The summed E-state index contributed by atoms with van der Waals surface area (Å²) in [4.78, 5) is 4.89. The first kappa shape index (κ1) is 14.9. The van der Waals surface area contributed by atoms with Crippen molar-refractivity contribution in [2.45, 2.75) is 45.7 Å². The van der Waals surface area contributed by atoms with Gasteiger partial charge in [0.1, 0.15) is 0 Å². The summed E-state index contributed by atoms with van der Waals surface area (Å²) in [5.74, 6) is 0.823. The molecular weight excluding hydrogens is 210 g/mol. The van der Waals surface area contributed by atoms with E-state index in [0.29, 0.717) is 12.1 Å². The molecule has 3 heteroatoms. The van der Waals surface area contributed by atoms with E-state index in [2.05, 4.69) is 50.0 Å². The van der Waals surface area contributed by atoms with Crippen molar-refractivity contribution in [1.29, 1.82) is 0 Å². The Labute approximate surface area is 108 Å². The van der Waals surface area contributed by atoms with Gasteiger partial charge in [-0.15, -0.1) is 0 Å². The van der Waals surface area contributed by atoms with Gasteiger partial charge in [0.05, 0.1) is 0 Å². The Morgan fingerprint density at radius 1 is 1.35 bits per heavy atom. The summed E-state index contributed by atoms with van der Waals surface area (Å²) in [5.41, 5.74) is 0. The lowest BCUT2D eigenvalue weighted by molar-refractivity contribution is 0.140. The normalized spacial score (nSPS) is 27.7. The van der Waals surface area contributed by atoms with E-state index in [-0.39, 0.29) is 0 Å². The SMILES string of the molecule is CCN(CC1NCCCC1C)C(C)CN(C)C. The van der Waals surface area contributed by atoms with Crippen molar-refractivity contribution < 1.29 is 0 Å². The van der Waals surface area contributed by atoms with Gasteiger partial charge >= 0.3 is 0 Å². The first-order valence-electron chi connectivity index (χ1n) is 7.16. The van der Waals surface area contributed by atoms with E-state index in [1.807, 2.05) is 0 Å². The first-order valence-corrected chi connectivity index (χ1v) is 7.16. The van der Waals surface area contributed by atoms with Gasteiger partial charge in [-0.1, -0.05) is 13.8 Å². The molecule has 1 rings (SSSR count). The van der Waals surface area contributed by atoms with Crippen molar-refractivity contribution in [3.8, 4) is 0 Å². The molecule has 0 spiro atoms. The molecule has 0 amide bonds. The molecule has 1 aliphatic heterocycles. The Kier molecular flexibility index (Phi) is 6.45. The predicted octanol–water partition coefficient (Wildman–Crippen LogP) is 1.65. The molecule has 0 aromatic rings. The summed E-state index contributed by atoms with van der Waals surface area (Å²) in [6, 6.07) is 1.33. The molecule has 0 saturated carbocycles. The van der Waals surface area contributed by atoms with Crippen LogP contribution in [-0.2, 0) is 0 Å². The molecule has 0 aromatic carbocycles. The number of hydrogen-bond donors (Lipinski definition) is 1. The zero-order valence-electron chi connectivity index (χ0n) is 12.4. The molecule has 102 valence electrons. The van der Waals surface area contributed by atoms with Crippen LogP contribution in [0.4, 0.5) is 0 Å². The molecule has 0 aromatic heterocycles. The Hall–Kier alpha value is -0.120. The third-order valence-electron chi connectivity index (χ3n) is 4.02. The fraction of sp³-hybridized carbons (Fsp3) is 1.00. The van der Waals surface area contributed by atoms with Crippen molar-refractivity contribution in [2.24, 2.45) is 5.92 Å². The minimum absolute atomic E-state index is 0.644. The van der Waals surface area contributed by atoms with E-state index < -0.39 is 0 Å². The highest BCUT2D eigenvalue weighted by Crippen LogP contribution is 2.17. The van der Waals surface area contributed by atoms with E-state index in [4.69, 9.17) is 0 Å². The summed E-state index contributed by atoms with van der Waals surface area (Å²) in [5, 5.41) is 3.69. The molecule has 1 N–H and O–H groups in total. The van der Waals surface area contributed by atoms with Crippen LogP contribution in [0.25, 0.3) is 0 Å². The second-order valence-electron chi connectivity index (χ2n) is 5.88. The number of nitrogens with zero attached hydrogens (tertiary/aromatic N) is 2. The van der Waals surface area contributed by atoms with E-state index in [0.717, 1.165) is 19.0 Å². The van der Waals surface area contributed by atoms with Gasteiger partial charge in [-0.2, -0.15) is 0 Å². The van der Waals surface area contributed by atoms with Crippen LogP contribution in [0.15, 0.2) is 0 Å². The van der Waals surface area contributed by atoms with Crippen molar-refractivity contribution in [1.82, 2.24) is 15.1 Å². The van der Waals surface area contributed by atoms with Crippen LogP contribution in [0.3, 0.4) is 0 Å². The molecule has 1 saturated heterocycles. The van der Waals surface area contributed by atoms with Crippen molar-refractivity contribution in [3.63, 3.8) is 0 Å². The van der Waals surface area contributed by atoms with Gasteiger partial charge in [0.15, 0.2) is 0 Å². The second-order valence-corrected chi connectivity index (χ2v) is 5.88. The summed E-state index contributed by atoms with van der Waals surface area (Å²) in [7, 11) is 4.32. The molecule has 3 atom stereocenters. The van der Waals surface area contributed by atoms with E-state index in [9.17, 15) is 0 Å². The molecule has 3 nitrogen and oxygen atoms in total. The molecule has 0 bridgehead atoms. The predicted molar refractivity (Wildman–Crippen MR) is 75.5 cm³/mol. The number of hydrogen-bond acceptors (Lipinski definition) is 3.